The van der Waals surface area contributed by atoms with Gasteiger partial charge in [-0.25, -0.2) is 23.5 Å². The van der Waals surface area contributed by atoms with E-state index in [1.54, 1.807) is 30.5 Å². The fourth-order valence-electron chi connectivity index (χ4n) is 5.31. The number of halogens is 5. The molecular formula is C31H28F5N5O3. The number of esters is 1. The van der Waals surface area contributed by atoms with Gasteiger partial charge in [0.2, 0.25) is 0 Å². The summed E-state index contributed by atoms with van der Waals surface area (Å²) in [5, 5.41) is 4.99. The Labute approximate surface area is 249 Å². The molecule has 0 fully saturated rings. The van der Waals surface area contributed by atoms with E-state index in [4.69, 9.17) is 9.72 Å². The number of aryl methyl sites for hydroxylation is 2. The molecule has 8 nitrogen and oxygen atoms in total. The Kier molecular flexibility index (Phi) is 8.75. The molecule has 0 saturated carbocycles. The van der Waals surface area contributed by atoms with E-state index in [1.165, 1.54) is 6.92 Å². The Morgan fingerprint density at radius 1 is 1.07 bits per heavy atom. The molecule has 1 aliphatic rings. The van der Waals surface area contributed by atoms with Crippen molar-refractivity contribution in [1.82, 2.24) is 20.3 Å². The van der Waals surface area contributed by atoms with Crippen LogP contribution < -0.4 is 10.6 Å². The normalized spacial score (nSPS) is 14.2. The molecular weight excluding hydrogens is 585 g/mol. The van der Waals surface area contributed by atoms with Gasteiger partial charge in [0, 0.05) is 41.1 Å². The van der Waals surface area contributed by atoms with Gasteiger partial charge in [-0.1, -0.05) is 19.1 Å². The molecule has 1 aliphatic carbocycles. The maximum absolute atomic E-state index is 14.9. The smallest absolute Gasteiger partial charge is 0.408 e. The number of hydrogen-bond acceptors (Lipinski definition) is 7. The Hall–Kier alpha value is -4.68. The number of nitrogens with one attached hydrogen (secondary N) is 2. The summed E-state index contributed by atoms with van der Waals surface area (Å²) in [7, 11) is 1.10. The molecule has 44 heavy (non-hydrogen) atoms. The summed E-state index contributed by atoms with van der Waals surface area (Å²) >= 11 is 0. The minimum atomic E-state index is -4.66. The van der Waals surface area contributed by atoms with E-state index in [1.807, 2.05) is 11.5 Å². The third-order valence-electron chi connectivity index (χ3n) is 7.54. The molecule has 0 bridgehead atoms. The number of methoxy groups -OCH3 is 1. The molecule has 0 radical (unpaired) electrons. The average Bonchev–Trinajstić information content (AvgIpc) is 3.46. The van der Waals surface area contributed by atoms with E-state index < -0.39 is 53.0 Å². The number of carbonyl (C=O) groups excluding carboxylic acids is 2. The van der Waals surface area contributed by atoms with Gasteiger partial charge in [-0.2, -0.15) is 13.2 Å². The van der Waals surface area contributed by atoms with Crippen LogP contribution in [-0.2, 0) is 28.8 Å². The molecule has 2 N–H and O–H groups in total. The van der Waals surface area contributed by atoms with Gasteiger partial charge in [0.1, 0.15) is 29.3 Å². The van der Waals surface area contributed by atoms with Gasteiger partial charge in [0.05, 0.1) is 12.6 Å². The lowest BCUT2D eigenvalue weighted by Gasteiger charge is -2.22. The number of hydrogen-bond donors (Lipinski definition) is 2. The molecule has 1 amide bonds. The molecule has 2 heterocycles. The molecule has 0 unspecified atom stereocenters. The largest absolute Gasteiger partial charge is 0.467 e. The number of alkyl halides is 3. The average molecular weight is 614 g/mol. The van der Waals surface area contributed by atoms with Crippen LogP contribution in [0.5, 0.6) is 0 Å². The number of carbonyl (C=O) groups is 2. The first kappa shape index (κ1) is 30.8. The zero-order valence-corrected chi connectivity index (χ0v) is 23.8. The predicted octanol–water partition coefficient (Wildman–Crippen LogP) is 5.73. The summed E-state index contributed by atoms with van der Waals surface area (Å²) in [4.78, 5) is 39.5. The number of amides is 1. The molecule has 0 saturated heterocycles. The maximum atomic E-state index is 14.9. The van der Waals surface area contributed by atoms with Crippen molar-refractivity contribution in [1.29, 1.82) is 0 Å². The third kappa shape index (κ3) is 6.31. The van der Waals surface area contributed by atoms with Crippen molar-refractivity contribution in [3.05, 3.63) is 82.8 Å². The summed E-state index contributed by atoms with van der Waals surface area (Å²) in [5.74, 6) is -4.46. The minimum absolute atomic E-state index is 0.126. The monoisotopic (exact) mass is 613 g/mol. The number of ether oxygens (including phenoxy) is 1. The van der Waals surface area contributed by atoms with Gasteiger partial charge in [-0.15, -0.1) is 0 Å². The highest BCUT2D eigenvalue weighted by atomic mass is 19.4. The second-order valence-electron chi connectivity index (χ2n) is 10.4. The lowest BCUT2D eigenvalue weighted by Crippen LogP contribution is -2.43. The van der Waals surface area contributed by atoms with Crippen LogP contribution in [0.3, 0.4) is 0 Å². The summed E-state index contributed by atoms with van der Waals surface area (Å²) in [6.45, 7) is 1.26. The first-order valence-corrected chi connectivity index (χ1v) is 13.9. The Balaban J connectivity index is 1.42. The molecule has 2 aromatic heterocycles. The summed E-state index contributed by atoms with van der Waals surface area (Å²) in [5.41, 5.74) is 2.37. The van der Waals surface area contributed by atoms with Crippen molar-refractivity contribution < 1.29 is 36.3 Å². The molecule has 2 atom stereocenters. The summed E-state index contributed by atoms with van der Waals surface area (Å²) < 4.78 is 74.1. The van der Waals surface area contributed by atoms with E-state index in [9.17, 15) is 31.5 Å². The molecule has 5 rings (SSSR count). The highest BCUT2D eigenvalue weighted by Crippen LogP contribution is 2.31. The zero-order valence-electron chi connectivity index (χ0n) is 23.8. The van der Waals surface area contributed by atoms with E-state index >= 15 is 0 Å². The van der Waals surface area contributed by atoms with Gasteiger partial charge >= 0.3 is 12.1 Å². The van der Waals surface area contributed by atoms with Crippen LogP contribution in [-0.4, -0.2) is 52.2 Å². The van der Waals surface area contributed by atoms with Crippen LogP contribution in [0.1, 0.15) is 46.9 Å². The lowest BCUT2D eigenvalue weighted by atomic mass is 9.97. The lowest BCUT2D eigenvalue weighted by molar-refractivity contribution is -0.143. The highest BCUT2D eigenvalue weighted by Gasteiger charge is 2.38. The molecule has 230 valence electrons. The molecule has 4 aromatic rings. The van der Waals surface area contributed by atoms with Crippen LogP contribution in [0.4, 0.5) is 27.6 Å². The number of pyridine rings is 1. The van der Waals surface area contributed by atoms with Crippen LogP contribution in [0.25, 0.3) is 22.3 Å². The number of nitrogens with zero attached hydrogens (tertiary/aromatic N) is 3. The summed E-state index contributed by atoms with van der Waals surface area (Å²) in [6, 6.07) is 4.74. The maximum Gasteiger partial charge on any atom is 0.408 e. The van der Waals surface area contributed by atoms with Crippen LogP contribution in [0, 0.1) is 11.6 Å². The van der Waals surface area contributed by atoms with Crippen molar-refractivity contribution in [3.63, 3.8) is 0 Å². The Bertz CT molecular complexity index is 1710. The standard InChI is InChI=1S/C31H28F5N5O3/c1-3-25(31(34,35)36)39-18-13-21(32)26(22(33)14-18)29(42)41-24(30(43)44-2)12-16-9-10-20(27-19(16)7-5-11-37-27)28-38-15-17-6-4-8-23(17)40-28/h5,7,9-11,13-15,24-25,39H,3-4,6,8,12H2,1-2H3,(H,41,42)/t24-,25+/m0/s1. The van der Waals surface area contributed by atoms with Gasteiger partial charge in [0.15, 0.2) is 5.82 Å². The van der Waals surface area contributed by atoms with Crippen molar-refractivity contribution in [2.75, 3.05) is 12.4 Å². The van der Waals surface area contributed by atoms with Gasteiger partial charge in [-0.3, -0.25) is 9.78 Å². The second-order valence-corrected chi connectivity index (χ2v) is 10.4. The Morgan fingerprint density at radius 3 is 2.50 bits per heavy atom. The van der Waals surface area contributed by atoms with E-state index in [0.717, 1.165) is 37.6 Å². The number of rotatable bonds is 9. The third-order valence-corrected chi connectivity index (χ3v) is 7.54. The van der Waals surface area contributed by atoms with Gasteiger partial charge < -0.3 is 15.4 Å². The number of benzene rings is 2. The minimum Gasteiger partial charge on any atom is -0.467 e. The molecule has 2 aromatic carbocycles. The van der Waals surface area contributed by atoms with Gasteiger partial charge in [-0.05, 0) is 61.1 Å². The molecule has 0 aliphatic heterocycles. The highest BCUT2D eigenvalue weighted by molar-refractivity contribution is 5.98. The number of aromatic nitrogens is 3. The molecule has 0 spiro atoms. The fourth-order valence-corrected chi connectivity index (χ4v) is 5.31. The van der Waals surface area contributed by atoms with E-state index in [-0.39, 0.29) is 12.8 Å². The van der Waals surface area contributed by atoms with Crippen LogP contribution >= 0.6 is 0 Å². The van der Waals surface area contributed by atoms with Gasteiger partial charge in [0.25, 0.3) is 5.91 Å². The SMILES string of the molecule is CC[C@@H](Nc1cc(F)c(C(=O)N[C@@H](Cc2ccc(-c3ncc4c(n3)CCC4)c3ncccc23)C(=O)OC)c(F)c1)C(F)(F)F. The Morgan fingerprint density at radius 2 is 1.82 bits per heavy atom. The van der Waals surface area contributed by atoms with Crippen LogP contribution in [0.2, 0.25) is 0 Å². The molecule has 13 heteroatoms. The summed E-state index contributed by atoms with van der Waals surface area (Å²) in [6.07, 6.45) is 1.05. The number of anilines is 1. The van der Waals surface area contributed by atoms with E-state index in [2.05, 4.69) is 15.3 Å². The first-order valence-electron chi connectivity index (χ1n) is 13.9. The number of fused-ring (bicyclic) bond motifs is 2. The van der Waals surface area contributed by atoms with Crippen molar-refractivity contribution in [2.45, 2.75) is 57.3 Å². The predicted molar refractivity (Wildman–Crippen MR) is 152 cm³/mol. The quantitative estimate of drug-likeness (QED) is 0.184. The van der Waals surface area contributed by atoms with Crippen LogP contribution in [0.15, 0.2) is 48.8 Å². The van der Waals surface area contributed by atoms with E-state index in [0.29, 0.717) is 40.0 Å². The second kappa shape index (κ2) is 12.5. The topological polar surface area (TPSA) is 106 Å². The van der Waals surface area contributed by atoms with Crippen molar-refractivity contribution in [2.24, 2.45) is 0 Å². The fraction of sp³-hybridized carbons (Fsp3) is 0.323. The zero-order chi connectivity index (χ0) is 31.6. The van der Waals surface area contributed by atoms with Crippen molar-refractivity contribution in [3.8, 4) is 11.4 Å². The first-order chi connectivity index (χ1) is 21.0. The van der Waals surface area contributed by atoms with Crippen molar-refractivity contribution >= 4 is 28.5 Å².